The molecule has 0 spiro atoms. The molecule has 3 heterocycles. The van der Waals surface area contributed by atoms with E-state index in [9.17, 15) is 15.3 Å². The van der Waals surface area contributed by atoms with Gasteiger partial charge in [0.05, 0.1) is 25.4 Å². The van der Waals surface area contributed by atoms with Gasteiger partial charge in [0.2, 0.25) is 0 Å². The molecule has 3 saturated heterocycles. The van der Waals surface area contributed by atoms with Crippen molar-refractivity contribution in [2.75, 3.05) is 19.8 Å². The van der Waals surface area contributed by atoms with Gasteiger partial charge >= 0.3 is 0 Å². The Morgan fingerprint density at radius 2 is 1.88 bits per heavy atom. The number of hydrogen-bond acceptors (Lipinski definition) is 5. The van der Waals surface area contributed by atoms with E-state index in [-0.39, 0.29) is 25.2 Å². The maximum atomic E-state index is 10.1. The molecule has 3 aliphatic heterocycles. The van der Waals surface area contributed by atoms with Gasteiger partial charge in [-0.15, -0.1) is 0 Å². The van der Waals surface area contributed by atoms with Crippen molar-refractivity contribution >= 4 is 0 Å². The van der Waals surface area contributed by atoms with Gasteiger partial charge in [-0.25, -0.2) is 0 Å². The van der Waals surface area contributed by atoms with E-state index >= 15 is 0 Å². The summed E-state index contributed by atoms with van der Waals surface area (Å²) in [7, 11) is 0. The minimum atomic E-state index is -0.916. The Balaban J connectivity index is 2.11. The van der Waals surface area contributed by atoms with Crippen LogP contribution in [0.1, 0.15) is 25.7 Å². The van der Waals surface area contributed by atoms with E-state index < -0.39 is 18.3 Å². The Labute approximate surface area is 101 Å². The van der Waals surface area contributed by atoms with E-state index in [1.54, 1.807) is 0 Å². The zero-order chi connectivity index (χ0) is 12.3. The fraction of sp³-hybridized carbons (Fsp3) is 1.00. The van der Waals surface area contributed by atoms with Crippen LogP contribution in [-0.2, 0) is 9.47 Å². The van der Waals surface area contributed by atoms with Crippen molar-refractivity contribution in [1.82, 2.24) is 0 Å². The molecule has 0 aliphatic carbocycles. The highest BCUT2D eigenvalue weighted by atomic mass is 16.6. The maximum absolute atomic E-state index is 10.1. The average molecular weight is 246 g/mol. The molecular formula is C12H22O5. The van der Waals surface area contributed by atoms with Crippen molar-refractivity contribution in [1.29, 1.82) is 0 Å². The Bertz CT molecular complexity index is 231. The fourth-order valence-electron chi connectivity index (χ4n) is 2.73. The van der Waals surface area contributed by atoms with Crippen LogP contribution in [0.5, 0.6) is 0 Å². The van der Waals surface area contributed by atoms with Crippen molar-refractivity contribution in [3.05, 3.63) is 0 Å². The molecule has 5 nitrogen and oxygen atoms in total. The predicted molar refractivity (Wildman–Crippen MR) is 60.5 cm³/mol. The van der Waals surface area contributed by atoms with Gasteiger partial charge in [0.1, 0.15) is 12.2 Å². The van der Waals surface area contributed by atoms with Crippen LogP contribution < -0.4 is 0 Å². The lowest BCUT2D eigenvalue weighted by molar-refractivity contribution is -0.220. The summed E-state index contributed by atoms with van der Waals surface area (Å²) >= 11 is 0. The Morgan fingerprint density at radius 3 is 2.65 bits per heavy atom. The van der Waals surface area contributed by atoms with Crippen molar-refractivity contribution in [3.63, 3.8) is 0 Å². The molecule has 0 saturated carbocycles. The molecule has 0 aromatic rings. The smallest absolute Gasteiger partial charge is 0.110 e. The van der Waals surface area contributed by atoms with Crippen LogP contribution in [-0.4, -0.2) is 59.6 Å². The SMILES string of the molecule is OCC1OC2COCCCCCC1C(O)C2O. The summed E-state index contributed by atoms with van der Waals surface area (Å²) in [6.07, 6.45) is 1.11. The summed E-state index contributed by atoms with van der Waals surface area (Å²) in [6, 6.07) is 0. The lowest BCUT2D eigenvalue weighted by Crippen LogP contribution is -2.56. The van der Waals surface area contributed by atoms with Crippen molar-refractivity contribution in [2.24, 2.45) is 5.92 Å². The first-order valence-corrected chi connectivity index (χ1v) is 6.44. The van der Waals surface area contributed by atoms with Crippen LogP contribution in [0.25, 0.3) is 0 Å². The Kier molecular flexibility index (Phi) is 4.76. The van der Waals surface area contributed by atoms with E-state index in [0.717, 1.165) is 25.7 Å². The van der Waals surface area contributed by atoms with E-state index in [2.05, 4.69) is 0 Å². The third-order valence-corrected chi connectivity index (χ3v) is 3.78. The molecule has 5 atom stereocenters. The minimum absolute atomic E-state index is 0.120. The fourth-order valence-corrected chi connectivity index (χ4v) is 2.73. The van der Waals surface area contributed by atoms with E-state index in [0.29, 0.717) is 6.61 Å². The van der Waals surface area contributed by atoms with Gasteiger partial charge in [-0.3, -0.25) is 0 Å². The Hall–Kier alpha value is -0.200. The maximum Gasteiger partial charge on any atom is 0.110 e. The average Bonchev–Trinajstić information content (AvgIpc) is 2.40. The molecule has 0 radical (unpaired) electrons. The lowest BCUT2D eigenvalue weighted by Gasteiger charge is -2.42. The van der Waals surface area contributed by atoms with Crippen LogP contribution in [0.2, 0.25) is 0 Å². The second-order valence-electron chi connectivity index (χ2n) is 4.96. The quantitative estimate of drug-likeness (QED) is 0.590. The molecule has 3 aliphatic rings. The first-order valence-electron chi connectivity index (χ1n) is 6.44. The van der Waals surface area contributed by atoms with Gasteiger partial charge in [-0.05, 0) is 12.8 Å². The standard InChI is InChI=1S/C12H22O5/c13-6-9-8-4-2-1-3-5-16-7-10(17-9)12(15)11(8)14/h8-15H,1-7H2. The third-order valence-electron chi connectivity index (χ3n) is 3.78. The van der Waals surface area contributed by atoms with E-state index in [4.69, 9.17) is 9.47 Å². The van der Waals surface area contributed by atoms with Crippen LogP contribution >= 0.6 is 0 Å². The highest BCUT2D eigenvalue weighted by molar-refractivity contribution is 4.92. The topological polar surface area (TPSA) is 79.2 Å². The van der Waals surface area contributed by atoms with Crippen molar-refractivity contribution < 1.29 is 24.8 Å². The summed E-state index contributed by atoms with van der Waals surface area (Å²) in [5.41, 5.74) is 0. The first-order chi connectivity index (χ1) is 8.24. The van der Waals surface area contributed by atoms with Crippen LogP contribution in [0.15, 0.2) is 0 Å². The number of fused-ring (bicyclic) bond motifs is 8. The largest absolute Gasteiger partial charge is 0.394 e. The van der Waals surface area contributed by atoms with Crippen molar-refractivity contribution in [3.8, 4) is 0 Å². The monoisotopic (exact) mass is 246 g/mol. The molecule has 0 aromatic carbocycles. The molecule has 5 heteroatoms. The van der Waals surface area contributed by atoms with Crippen LogP contribution in [0.4, 0.5) is 0 Å². The molecule has 3 rings (SSSR count). The number of ether oxygens (including phenoxy) is 2. The van der Waals surface area contributed by atoms with Gasteiger partial charge < -0.3 is 24.8 Å². The molecule has 100 valence electrons. The van der Waals surface area contributed by atoms with E-state index in [1.807, 2.05) is 0 Å². The molecule has 5 unspecified atom stereocenters. The van der Waals surface area contributed by atoms with Crippen LogP contribution in [0, 0.1) is 5.92 Å². The number of aliphatic hydroxyl groups excluding tert-OH is 3. The molecule has 2 bridgehead atoms. The second kappa shape index (κ2) is 6.11. The summed E-state index contributed by atoms with van der Waals surface area (Å²) in [6.45, 7) is 0.823. The van der Waals surface area contributed by atoms with Gasteiger partial charge in [0.15, 0.2) is 0 Å². The molecule has 3 N–H and O–H groups in total. The zero-order valence-electron chi connectivity index (χ0n) is 9.99. The summed E-state index contributed by atoms with van der Waals surface area (Å²) in [5.74, 6) is -0.177. The molecule has 17 heavy (non-hydrogen) atoms. The van der Waals surface area contributed by atoms with Gasteiger partial charge in [0.25, 0.3) is 0 Å². The first kappa shape index (κ1) is 13.2. The van der Waals surface area contributed by atoms with Crippen molar-refractivity contribution in [2.45, 2.75) is 50.1 Å². The minimum Gasteiger partial charge on any atom is -0.394 e. The number of aliphatic hydroxyl groups is 3. The highest BCUT2D eigenvalue weighted by Crippen LogP contribution is 2.30. The van der Waals surface area contributed by atoms with Gasteiger partial charge in [-0.1, -0.05) is 12.8 Å². The third kappa shape index (κ3) is 2.98. The van der Waals surface area contributed by atoms with Crippen LogP contribution in [0.3, 0.4) is 0 Å². The number of hydrogen-bond donors (Lipinski definition) is 3. The normalized spacial score (nSPS) is 44.3. The molecular weight excluding hydrogens is 224 g/mol. The molecule has 0 aromatic heterocycles. The molecule has 3 fully saturated rings. The second-order valence-corrected chi connectivity index (χ2v) is 4.96. The zero-order valence-corrected chi connectivity index (χ0v) is 9.99. The van der Waals surface area contributed by atoms with Gasteiger partial charge in [0, 0.05) is 12.5 Å². The number of rotatable bonds is 1. The summed E-state index contributed by atoms with van der Waals surface area (Å²) in [4.78, 5) is 0. The van der Waals surface area contributed by atoms with Gasteiger partial charge in [-0.2, -0.15) is 0 Å². The Morgan fingerprint density at radius 1 is 1.06 bits per heavy atom. The lowest BCUT2D eigenvalue weighted by atomic mass is 9.83. The summed E-state index contributed by atoms with van der Waals surface area (Å²) in [5, 5.41) is 29.4. The predicted octanol–water partition coefficient (Wildman–Crippen LogP) is -0.325. The highest BCUT2D eigenvalue weighted by Gasteiger charge is 2.43. The molecule has 0 amide bonds. The van der Waals surface area contributed by atoms with E-state index in [1.165, 1.54) is 0 Å². The summed E-state index contributed by atoms with van der Waals surface area (Å²) < 4.78 is 11.1.